The van der Waals surface area contributed by atoms with Gasteiger partial charge in [0.25, 0.3) is 9.76 Å². The Balaban J connectivity index is 2.07. The summed E-state index contributed by atoms with van der Waals surface area (Å²) < 4.78 is 16.8. The number of hydrogen-bond donors (Lipinski definition) is 0. The fraction of sp³-hybridized carbons (Fsp3) is 0.333. The van der Waals surface area contributed by atoms with Gasteiger partial charge in [0.2, 0.25) is 9.76 Å². The molecule has 0 saturated heterocycles. The molecule has 0 aromatic heterocycles. The summed E-state index contributed by atoms with van der Waals surface area (Å²) in [6.07, 6.45) is 4.57. The number of rotatable bonds is 11. The maximum absolute atomic E-state index is 12.6. The minimum absolute atomic E-state index is 0.0450. The van der Waals surface area contributed by atoms with E-state index in [9.17, 15) is 4.79 Å². The minimum Gasteiger partial charge on any atom is -0.494 e. The highest BCUT2D eigenvalue weighted by molar-refractivity contribution is 6.55. The molecule has 0 heterocycles. The molecule has 0 atom stereocenters. The van der Waals surface area contributed by atoms with Crippen LogP contribution in [-0.4, -0.2) is 32.1 Å². The standard InChI is InChI=1S/C21H23NO4Si2/c1-3-4-5-6-13-24-18-11-12-19(20(14-18)28-26-27-2)21(23)25-17-9-7-16(15-22)8-10-17/h7-12,14H,3-6,13H2,1-2H3. The van der Waals surface area contributed by atoms with Crippen molar-refractivity contribution in [3.63, 3.8) is 0 Å². The van der Waals surface area contributed by atoms with E-state index in [1.54, 1.807) is 36.4 Å². The molecule has 7 heteroatoms. The molecule has 2 aromatic carbocycles. The highest BCUT2D eigenvalue weighted by Gasteiger charge is 2.16. The van der Waals surface area contributed by atoms with Crippen LogP contribution in [0.1, 0.15) is 48.5 Å². The van der Waals surface area contributed by atoms with Gasteiger partial charge in [-0.2, -0.15) is 5.26 Å². The van der Waals surface area contributed by atoms with E-state index in [1.807, 2.05) is 18.7 Å². The van der Waals surface area contributed by atoms with Gasteiger partial charge in [-0.15, -0.1) is 0 Å². The lowest BCUT2D eigenvalue weighted by Crippen LogP contribution is -2.27. The van der Waals surface area contributed by atoms with Crippen molar-refractivity contribution < 1.29 is 18.4 Å². The van der Waals surface area contributed by atoms with Crippen LogP contribution < -0.4 is 14.7 Å². The molecule has 0 fully saturated rings. The summed E-state index contributed by atoms with van der Waals surface area (Å²) in [5.74, 6) is 0.675. The van der Waals surface area contributed by atoms with Crippen molar-refractivity contribution in [3.8, 4) is 17.6 Å². The number of ether oxygens (including phenoxy) is 2. The van der Waals surface area contributed by atoms with Gasteiger partial charge in [0, 0.05) is 0 Å². The highest BCUT2D eigenvalue weighted by atomic mass is 28.3. The topological polar surface area (TPSA) is 68.5 Å². The second-order valence-corrected chi connectivity index (χ2v) is 8.02. The molecule has 28 heavy (non-hydrogen) atoms. The third kappa shape index (κ3) is 6.96. The quantitative estimate of drug-likeness (QED) is 0.245. The Kier molecular flexibility index (Phi) is 9.48. The van der Waals surface area contributed by atoms with E-state index >= 15 is 0 Å². The molecular formula is C21H23NO4Si2. The monoisotopic (exact) mass is 409 g/mol. The van der Waals surface area contributed by atoms with Crippen molar-refractivity contribution in [1.82, 2.24) is 0 Å². The van der Waals surface area contributed by atoms with E-state index in [0.717, 1.165) is 23.8 Å². The van der Waals surface area contributed by atoms with Crippen molar-refractivity contribution in [2.75, 3.05) is 6.61 Å². The fourth-order valence-corrected chi connectivity index (χ4v) is 3.80. The van der Waals surface area contributed by atoms with E-state index in [1.165, 1.54) is 12.8 Å². The molecule has 5 nitrogen and oxygen atoms in total. The number of carbonyl (C=O) groups excluding carboxylic acids is 1. The van der Waals surface area contributed by atoms with Crippen LogP contribution in [0, 0.1) is 11.3 Å². The average Bonchev–Trinajstić information content (AvgIpc) is 2.72. The zero-order chi connectivity index (χ0) is 20.2. The number of esters is 1. The number of nitriles is 1. The van der Waals surface area contributed by atoms with Gasteiger partial charge in [0.15, 0.2) is 0 Å². The van der Waals surface area contributed by atoms with Gasteiger partial charge in [0.05, 0.1) is 23.8 Å². The van der Waals surface area contributed by atoms with Gasteiger partial charge in [-0.25, -0.2) is 4.79 Å². The smallest absolute Gasteiger partial charge is 0.343 e. The summed E-state index contributed by atoms with van der Waals surface area (Å²) >= 11 is 0. The Morgan fingerprint density at radius 3 is 2.50 bits per heavy atom. The summed E-state index contributed by atoms with van der Waals surface area (Å²) in [4.78, 5) is 12.6. The first-order chi connectivity index (χ1) is 13.7. The lowest BCUT2D eigenvalue weighted by Gasteiger charge is -2.12. The maximum atomic E-state index is 12.6. The van der Waals surface area contributed by atoms with Crippen LogP contribution >= 0.6 is 0 Å². The van der Waals surface area contributed by atoms with Gasteiger partial charge in [0.1, 0.15) is 11.5 Å². The Hall–Kier alpha value is -2.41. The largest absolute Gasteiger partial charge is 0.494 e. The predicted octanol–water partition coefficient (Wildman–Crippen LogP) is 3.66. The summed E-state index contributed by atoms with van der Waals surface area (Å²) in [5.41, 5.74) is 0.971. The van der Waals surface area contributed by atoms with Gasteiger partial charge >= 0.3 is 5.97 Å². The molecule has 0 aliphatic heterocycles. The lowest BCUT2D eigenvalue weighted by atomic mass is 10.2. The Morgan fingerprint density at radius 2 is 1.82 bits per heavy atom. The van der Waals surface area contributed by atoms with Crippen LogP contribution in [0.25, 0.3) is 0 Å². The number of benzene rings is 2. The van der Waals surface area contributed by atoms with E-state index < -0.39 is 5.97 Å². The van der Waals surface area contributed by atoms with Crippen LogP contribution in [0.5, 0.6) is 11.5 Å². The van der Waals surface area contributed by atoms with Crippen LogP contribution in [0.2, 0.25) is 6.55 Å². The molecule has 0 unspecified atom stereocenters. The number of unbranched alkanes of at least 4 members (excludes halogenated alkanes) is 3. The van der Waals surface area contributed by atoms with Crippen LogP contribution in [0.4, 0.5) is 0 Å². The van der Waals surface area contributed by atoms with Crippen LogP contribution in [-0.2, 0) is 4.12 Å². The molecule has 0 bridgehead atoms. The third-order valence-electron chi connectivity index (χ3n) is 3.93. The van der Waals surface area contributed by atoms with Crippen molar-refractivity contribution in [2.45, 2.75) is 39.2 Å². The molecule has 2 rings (SSSR count). The van der Waals surface area contributed by atoms with E-state index in [0.29, 0.717) is 33.2 Å². The molecule has 0 spiro atoms. The zero-order valence-corrected chi connectivity index (χ0v) is 18.2. The Morgan fingerprint density at radius 1 is 1.07 bits per heavy atom. The second-order valence-electron chi connectivity index (χ2n) is 6.05. The molecule has 0 aliphatic carbocycles. The third-order valence-corrected chi connectivity index (χ3v) is 5.79. The molecule has 0 N–H and O–H groups in total. The SMILES string of the molecule is CCCCCCOc1ccc(C(=O)Oc2ccc(C#N)cc2)c([Si]O[Si]C)c1. The normalized spacial score (nSPS) is 10.3. The fourth-order valence-electron chi connectivity index (χ4n) is 2.46. The predicted molar refractivity (Wildman–Crippen MR) is 110 cm³/mol. The molecule has 2 aromatic rings. The Labute approximate surface area is 171 Å². The molecule has 144 valence electrons. The van der Waals surface area contributed by atoms with Gasteiger partial charge in [-0.05, 0) is 60.6 Å². The number of hydrogen-bond acceptors (Lipinski definition) is 5. The van der Waals surface area contributed by atoms with E-state index in [4.69, 9.17) is 18.9 Å². The maximum Gasteiger partial charge on any atom is 0.343 e. The second kappa shape index (κ2) is 12.1. The van der Waals surface area contributed by atoms with Gasteiger partial charge in [-0.1, -0.05) is 26.2 Å². The summed E-state index contributed by atoms with van der Waals surface area (Å²) in [5, 5.41) is 9.62. The lowest BCUT2D eigenvalue weighted by molar-refractivity contribution is 0.0736. The van der Waals surface area contributed by atoms with Crippen molar-refractivity contribution in [2.24, 2.45) is 0 Å². The summed E-state index contributed by atoms with van der Waals surface area (Å²) in [6.45, 7) is 4.78. The summed E-state index contributed by atoms with van der Waals surface area (Å²) in [6, 6.07) is 13.8. The molecular weight excluding hydrogens is 386 g/mol. The number of carbonyl (C=O) groups is 1. The first kappa shape index (κ1) is 21.9. The highest BCUT2D eigenvalue weighted by Crippen LogP contribution is 2.16. The Bertz CT molecular complexity index is 803. The summed E-state index contributed by atoms with van der Waals surface area (Å²) in [7, 11) is 0.376. The zero-order valence-electron chi connectivity index (χ0n) is 16.2. The van der Waals surface area contributed by atoms with Gasteiger partial charge in [-0.3, -0.25) is 0 Å². The molecule has 0 saturated carbocycles. The van der Waals surface area contributed by atoms with E-state index in [-0.39, 0.29) is 9.76 Å². The van der Waals surface area contributed by atoms with Crippen LogP contribution in [0.15, 0.2) is 42.5 Å². The first-order valence-electron chi connectivity index (χ1n) is 9.25. The van der Waals surface area contributed by atoms with Crippen molar-refractivity contribution >= 4 is 30.7 Å². The minimum atomic E-state index is -0.454. The average molecular weight is 410 g/mol. The molecule has 4 radical (unpaired) electrons. The van der Waals surface area contributed by atoms with Gasteiger partial charge < -0.3 is 13.6 Å². The van der Waals surface area contributed by atoms with Crippen molar-refractivity contribution in [1.29, 1.82) is 5.26 Å². The molecule has 0 amide bonds. The number of nitrogens with zero attached hydrogens (tertiary/aromatic N) is 1. The van der Waals surface area contributed by atoms with E-state index in [2.05, 4.69) is 6.92 Å². The van der Waals surface area contributed by atoms with Crippen LogP contribution in [0.3, 0.4) is 0 Å². The first-order valence-corrected chi connectivity index (χ1v) is 11.6. The molecule has 0 aliphatic rings. The van der Waals surface area contributed by atoms with Crippen molar-refractivity contribution in [3.05, 3.63) is 53.6 Å².